The second-order valence-corrected chi connectivity index (χ2v) is 8.22. The highest BCUT2D eigenvalue weighted by molar-refractivity contribution is 5.73. The topological polar surface area (TPSA) is 174 Å². The van der Waals surface area contributed by atoms with Crippen LogP contribution in [0.5, 0.6) is 0 Å². The predicted molar refractivity (Wildman–Crippen MR) is 111 cm³/mol. The van der Waals surface area contributed by atoms with E-state index >= 15 is 0 Å². The Morgan fingerprint density at radius 3 is 2.12 bits per heavy atom. The quantitative estimate of drug-likeness (QED) is 0.203. The van der Waals surface area contributed by atoms with Crippen molar-refractivity contribution in [2.75, 3.05) is 26.9 Å². The molecular weight excluding hydrogens is 444 g/mol. The maximum Gasteiger partial charge on any atom is 0.335 e. The Hall–Kier alpha value is -0.930. The fourth-order valence-corrected chi connectivity index (χ4v) is 3.68. The molecule has 0 radical (unpaired) electrons. The van der Waals surface area contributed by atoms with Gasteiger partial charge in [0.1, 0.15) is 42.7 Å². The molecule has 12 heteroatoms. The third kappa shape index (κ3) is 7.28. The number of aliphatic carboxylic acids is 1. The van der Waals surface area contributed by atoms with Crippen LogP contribution in [0.25, 0.3) is 0 Å². The first kappa shape index (κ1) is 28.3. The fourth-order valence-electron chi connectivity index (χ4n) is 3.68. The summed E-state index contributed by atoms with van der Waals surface area (Å²) in [5.74, 6) is -1.54. The molecule has 6 unspecified atom stereocenters. The number of ether oxygens (including phenoxy) is 6. The molecule has 0 amide bonds. The maximum absolute atomic E-state index is 11.4. The minimum atomic E-state index is -1.86. The van der Waals surface area contributed by atoms with Crippen LogP contribution in [-0.2, 0) is 33.2 Å². The molecular formula is C21H38O12. The molecule has 2 fully saturated rings. The molecule has 0 aliphatic carbocycles. The Kier molecular flexibility index (Phi) is 11.9. The lowest BCUT2D eigenvalue weighted by molar-refractivity contribution is -0.359. The standard InChI is InChI=1S/C21H38O12/c1-4-6-8-29-10-11-12(22)16(18(21(28-3)31-11)30-9-7-5-2)32-20-15(25)13(23)14(24)17(33-20)19(26)27/h11-18,20-25H,4-10H2,1-3H3,(H,26,27)/t11?,12-,13?,14-,15?,16?,17?,18?,20+,21+/m0/s1. The smallest absolute Gasteiger partial charge is 0.335 e. The van der Waals surface area contributed by atoms with E-state index in [4.69, 9.17) is 28.4 Å². The Balaban J connectivity index is 2.22. The van der Waals surface area contributed by atoms with Crippen LogP contribution in [0.3, 0.4) is 0 Å². The van der Waals surface area contributed by atoms with Crippen molar-refractivity contribution in [3.05, 3.63) is 0 Å². The van der Waals surface area contributed by atoms with Crippen LogP contribution in [0.4, 0.5) is 0 Å². The normalized spacial score (nSPS) is 39.5. The number of methoxy groups -OCH3 is 1. The first-order valence-electron chi connectivity index (χ1n) is 11.4. The molecule has 2 aliphatic heterocycles. The highest BCUT2D eigenvalue weighted by Crippen LogP contribution is 2.31. The largest absolute Gasteiger partial charge is 0.479 e. The van der Waals surface area contributed by atoms with Gasteiger partial charge in [0.15, 0.2) is 18.7 Å². The van der Waals surface area contributed by atoms with Crippen molar-refractivity contribution in [3.63, 3.8) is 0 Å². The van der Waals surface area contributed by atoms with Gasteiger partial charge in [0, 0.05) is 20.3 Å². The second-order valence-electron chi connectivity index (χ2n) is 8.22. The van der Waals surface area contributed by atoms with E-state index in [2.05, 4.69) is 0 Å². The van der Waals surface area contributed by atoms with Crippen LogP contribution >= 0.6 is 0 Å². The van der Waals surface area contributed by atoms with Gasteiger partial charge in [-0.3, -0.25) is 0 Å². The number of unbranched alkanes of at least 4 members (excludes halogenated alkanes) is 2. The lowest BCUT2D eigenvalue weighted by Crippen LogP contribution is -2.65. The van der Waals surface area contributed by atoms with Gasteiger partial charge in [-0.1, -0.05) is 26.7 Å². The summed E-state index contributed by atoms with van der Waals surface area (Å²) in [5, 5.41) is 50.6. The first-order chi connectivity index (χ1) is 15.8. The lowest BCUT2D eigenvalue weighted by Gasteiger charge is -2.46. The Morgan fingerprint density at radius 1 is 0.848 bits per heavy atom. The zero-order valence-electron chi connectivity index (χ0n) is 19.3. The van der Waals surface area contributed by atoms with Gasteiger partial charge in [-0.15, -0.1) is 0 Å². The summed E-state index contributed by atoms with van der Waals surface area (Å²) in [6.45, 7) is 4.81. The SMILES string of the molecule is CCCCOCC1O[C@@H](OC)C(OCCCC)C(O[C@@H]2OC(C(=O)O)[C@@H](O)C(O)C2O)[C@H]1O. The lowest BCUT2D eigenvalue weighted by atomic mass is 9.96. The van der Waals surface area contributed by atoms with Gasteiger partial charge in [0.05, 0.1) is 6.61 Å². The van der Waals surface area contributed by atoms with Crippen molar-refractivity contribution < 1.29 is 58.7 Å². The summed E-state index contributed by atoms with van der Waals surface area (Å²) in [5.41, 5.74) is 0. The number of aliphatic hydroxyl groups excluding tert-OH is 4. The van der Waals surface area contributed by atoms with Crippen LogP contribution in [0.15, 0.2) is 0 Å². The molecule has 0 spiro atoms. The molecule has 0 aromatic carbocycles. The Labute approximate surface area is 193 Å². The summed E-state index contributed by atoms with van der Waals surface area (Å²) in [7, 11) is 1.40. The summed E-state index contributed by atoms with van der Waals surface area (Å²) in [6, 6.07) is 0. The second kappa shape index (κ2) is 13.8. The van der Waals surface area contributed by atoms with Crippen LogP contribution in [0, 0.1) is 0 Å². The summed E-state index contributed by atoms with van der Waals surface area (Å²) >= 11 is 0. The molecule has 2 saturated heterocycles. The van der Waals surface area contributed by atoms with Gasteiger partial charge in [0.2, 0.25) is 0 Å². The van der Waals surface area contributed by atoms with Crippen molar-refractivity contribution in [1.82, 2.24) is 0 Å². The average molecular weight is 483 g/mol. The number of carboxylic acid groups (broad SMARTS) is 1. The zero-order valence-corrected chi connectivity index (χ0v) is 19.3. The molecule has 10 atom stereocenters. The van der Waals surface area contributed by atoms with E-state index in [-0.39, 0.29) is 6.61 Å². The Bertz CT molecular complexity index is 577. The molecule has 194 valence electrons. The molecule has 0 saturated carbocycles. The summed E-state index contributed by atoms with van der Waals surface area (Å²) in [4.78, 5) is 11.4. The number of carbonyl (C=O) groups is 1. The van der Waals surface area contributed by atoms with E-state index < -0.39 is 67.4 Å². The van der Waals surface area contributed by atoms with Crippen molar-refractivity contribution in [3.8, 4) is 0 Å². The summed E-state index contributed by atoms with van der Waals surface area (Å²) in [6.07, 6.45) is -10.9. The number of hydrogen-bond acceptors (Lipinski definition) is 11. The monoisotopic (exact) mass is 482 g/mol. The molecule has 0 aromatic rings. The average Bonchev–Trinajstić information content (AvgIpc) is 2.79. The summed E-state index contributed by atoms with van der Waals surface area (Å²) < 4.78 is 33.7. The predicted octanol–water partition coefficient (Wildman–Crippen LogP) is -1.00. The van der Waals surface area contributed by atoms with Crippen molar-refractivity contribution in [2.24, 2.45) is 0 Å². The zero-order chi connectivity index (χ0) is 24.5. The highest BCUT2D eigenvalue weighted by atomic mass is 16.7. The molecule has 2 rings (SSSR count). The van der Waals surface area contributed by atoms with E-state index in [1.807, 2.05) is 13.8 Å². The van der Waals surface area contributed by atoms with E-state index in [1.54, 1.807) is 0 Å². The number of rotatable bonds is 13. The first-order valence-corrected chi connectivity index (χ1v) is 11.4. The minimum Gasteiger partial charge on any atom is -0.479 e. The van der Waals surface area contributed by atoms with E-state index in [0.29, 0.717) is 19.6 Å². The van der Waals surface area contributed by atoms with Crippen LogP contribution in [0.2, 0.25) is 0 Å². The van der Waals surface area contributed by atoms with E-state index in [0.717, 1.165) is 19.3 Å². The van der Waals surface area contributed by atoms with Crippen LogP contribution in [-0.4, -0.2) is 120 Å². The maximum atomic E-state index is 11.4. The molecule has 0 bridgehead atoms. The Morgan fingerprint density at radius 2 is 1.52 bits per heavy atom. The van der Waals surface area contributed by atoms with Gasteiger partial charge >= 0.3 is 5.97 Å². The van der Waals surface area contributed by atoms with Gasteiger partial charge in [-0.2, -0.15) is 0 Å². The molecule has 12 nitrogen and oxygen atoms in total. The van der Waals surface area contributed by atoms with Crippen LogP contribution < -0.4 is 0 Å². The van der Waals surface area contributed by atoms with Gasteiger partial charge < -0.3 is 54.0 Å². The molecule has 2 heterocycles. The van der Waals surface area contributed by atoms with Crippen molar-refractivity contribution in [1.29, 1.82) is 0 Å². The van der Waals surface area contributed by atoms with E-state index in [1.165, 1.54) is 7.11 Å². The number of carboxylic acids is 1. The molecule has 2 aliphatic rings. The van der Waals surface area contributed by atoms with Gasteiger partial charge in [-0.25, -0.2) is 4.79 Å². The molecule has 33 heavy (non-hydrogen) atoms. The number of aliphatic hydroxyl groups is 4. The fraction of sp³-hybridized carbons (Fsp3) is 0.952. The molecule has 5 N–H and O–H groups in total. The van der Waals surface area contributed by atoms with Crippen molar-refractivity contribution >= 4 is 5.97 Å². The van der Waals surface area contributed by atoms with Gasteiger partial charge in [-0.05, 0) is 12.8 Å². The number of hydrogen-bond donors (Lipinski definition) is 5. The van der Waals surface area contributed by atoms with Crippen molar-refractivity contribution in [2.45, 2.75) is 101 Å². The minimum absolute atomic E-state index is 0.0374. The highest BCUT2D eigenvalue weighted by Gasteiger charge is 2.53. The van der Waals surface area contributed by atoms with Gasteiger partial charge in [0.25, 0.3) is 0 Å². The third-order valence-corrected chi connectivity index (χ3v) is 5.69. The van der Waals surface area contributed by atoms with Crippen LogP contribution in [0.1, 0.15) is 39.5 Å². The van der Waals surface area contributed by atoms with E-state index in [9.17, 15) is 30.3 Å². The third-order valence-electron chi connectivity index (χ3n) is 5.69. The molecule has 0 aromatic heterocycles.